The number of methoxy groups -OCH3 is 1. The monoisotopic (exact) mass is 254 g/mol. The van der Waals surface area contributed by atoms with Crippen LogP contribution < -0.4 is 4.74 Å². The fraction of sp³-hybridized carbons (Fsp3) is 0.538. The van der Waals surface area contributed by atoms with Gasteiger partial charge in [-0.1, -0.05) is 6.07 Å². The molecule has 1 aromatic rings. The van der Waals surface area contributed by atoms with Crippen molar-refractivity contribution in [1.29, 1.82) is 0 Å². The Kier molecular flexibility index (Phi) is 4.31. The summed E-state index contributed by atoms with van der Waals surface area (Å²) in [6.45, 7) is 2.71. The quantitative estimate of drug-likeness (QED) is 0.897. The molecule has 1 aliphatic rings. The van der Waals surface area contributed by atoms with Gasteiger partial charge < -0.3 is 14.6 Å². The van der Waals surface area contributed by atoms with Crippen molar-refractivity contribution in [1.82, 2.24) is 0 Å². The van der Waals surface area contributed by atoms with Gasteiger partial charge in [0, 0.05) is 11.5 Å². The Labute approximate surface area is 106 Å². The molecule has 1 N–H and O–H groups in total. The van der Waals surface area contributed by atoms with Gasteiger partial charge in [0.25, 0.3) is 0 Å². The van der Waals surface area contributed by atoms with Crippen LogP contribution in [0.3, 0.4) is 0 Å². The molecule has 0 amide bonds. The van der Waals surface area contributed by atoms with Crippen molar-refractivity contribution >= 4 is 11.8 Å². The summed E-state index contributed by atoms with van der Waals surface area (Å²) >= 11 is 1.83. The summed E-state index contributed by atoms with van der Waals surface area (Å²) in [5.74, 6) is 2.69. The molecule has 2 rings (SSSR count). The molecule has 0 radical (unpaired) electrons. The molecule has 1 heterocycles. The smallest absolute Gasteiger partial charge is 0.119 e. The molecule has 1 fully saturated rings. The highest BCUT2D eigenvalue weighted by Gasteiger charge is 2.25. The molecular formula is C13H18O3S. The second kappa shape index (κ2) is 5.76. The zero-order valence-corrected chi connectivity index (χ0v) is 11.0. The first-order chi connectivity index (χ1) is 8.22. The lowest BCUT2D eigenvalue weighted by molar-refractivity contribution is -0.0230. The summed E-state index contributed by atoms with van der Waals surface area (Å²) in [6, 6.07) is 5.73. The van der Waals surface area contributed by atoms with Gasteiger partial charge in [-0.05, 0) is 30.2 Å². The molecule has 94 valence electrons. The topological polar surface area (TPSA) is 38.7 Å². The van der Waals surface area contributed by atoms with E-state index in [4.69, 9.17) is 9.47 Å². The number of aliphatic hydroxyl groups is 1. The van der Waals surface area contributed by atoms with Gasteiger partial charge >= 0.3 is 0 Å². The Bertz CT molecular complexity index is 375. The van der Waals surface area contributed by atoms with E-state index in [1.807, 2.05) is 36.9 Å². The van der Waals surface area contributed by atoms with E-state index in [0.29, 0.717) is 0 Å². The minimum atomic E-state index is -0.547. The summed E-state index contributed by atoms with van der Waals surface area (Å²) in [5.41, 5.74) is 1.97. The maximum absolute atomic E-state index is 10.3. The van der Waals surface area contributed by atoms with E-state index >= 15 is 0 Å². The van der Waals surface area contributed by atoms with Crippen molar-refractivity contribution in [3.63, 3.8) is 0 Å². The highest BCUT2D eigenvalue weighted by Crippen LogP contribution is 2.29. The van der Waals surface area contributed by atoms with Crippen molar-refractivity contribution in [2.45, 2.75) is 19.1 Å². The summed E-state index contributed by atoms with van der Waals surface area (Å²) in [5, 5.41) is 10.3. The lowest BCUT2D eigenvalue weighted by Gasteiger charge is -2.27. The third-order valence-corrected chi connectivity index (χ3v) is 4.01. The van der Waals surface area contributed by atoms with Crippen LogP contribution in [0.2, 0.25) is 0 Å². The molecule has 0 saturated carbocycles. The number of benzene rings is 1. The average Bonchev–Trinajstić information content (AvgIpc) is 2.39. The van der Waals surface area contributed by atoms with Crippen molar-refractivity contribution in [3.8, 4) is 5.75 Å². The minimum absolute atomic E-state index is 0.0964. The number of rotatable bonds is 3. The SMILES string of the molecule is COc1ccc(C(O)C2CSCCO2)c(C)c1. The minimum Gasteiger partial charge on any atom is -0.497 e. The number of thioether (sulfide) groups is 1. The molecule has 0 bridgehead atoms. The van der Waals surface area contributed by atoms with E-state index in [1.165, 1.54) is 0 Å². The molecular weight excluding hydrogens is 236 g/mol. The first kappa shape index (κ1) is 12.7. The van der Waals surface area contributed by atoms with Crippen LogP contribution in [-0.4, -0.2) is 36.4 Å². The van der Waals surface area contributed by atoms with Crippen LogP contribution in [0.4, 0.5) is 0 Å². The van der Waals surface area contributed by atoms with E-state index in [2.05, 4.69) is 0 Å². The summed E-state index contributed by atoms with van der Waals surface area (Å²) in [7, 11) is 1.64. The van der Waals surface area contributed by atoms with Crippen LogP contribution in [0.1, 0.15) is 17.2 Å². The van der Waals surface area contributed by atoms with Crippen LogP contribution in [0.5, 0.6) is 5.75 Å². The lowest BCUT2D eigenvalue weighted by Crippen LogP contribution is -2.30. The highest BCUT2D eigenvalue weighted by molar-refractivity contribution is 7.99. The molecule has 0 aromatic heterocycles. The van der Waals surface area contributed by atoms with Gasteiger partial charge in [0.15, 0.2) is 0 Å². The highest BCUT2D eigenvalue weighted by atomic mass is 32.2. The third-order valence-electron chi connectivity index (χ3n) is 2.99. The fourth-order valence-electron chi connectivity index (χ4n) is 2.00. The Morgan fingerprint density at radius 1 is 1.53 bits per heavy atom. The third kappa shape index (κ3) is 2.94. The largest absolute Gasteiger partial charge is 0.497 e. The molecule has 1 saturated heterocycles. The van der Waals surface area contributed by atoms with Crippen molar-refractivity contribution in [2.24, 2.45) is 0 Å². The van der Waals surface area contributed by atoms with E-state index in [-0.39, 0.29) is 6.10 Å². The molecule has 2 unspecified atom stereocenters. The molecule has 1 aliphatic heterocycles. The Balaban J connectivity index is 2.15. The van der Waals surface area contributed by atoms with E-state index in [9.17, 15) is 5.11 Å². The van der Waals surface area contributed by atoms with Crippen molar-refractivity contribution in [3.05, 3.63) is 29.3 Å². The molecule has 17 heavy (non-hydrogen) atoms. The van der Waals surface area contributed by atoms with E-state index in [0.717, 1.165) is 35.0 Å². The Morgan fingerprint density at radius 2 is 2.35 bits per heavy atom. The second-order valence-corrected chi connectivity index (χ2v) is 5.30. The number of aryl methyl sites for hydroxylation is 1. The van der Waals surface area contributed by atoms with Gasteiger partial charge in [0.2, 0.25) is 0 Å². The Hall–Kier alpha value is -0.710. The normalized spacial score (nSPS) is 22.2. The average molecular weight is 254 g/mol. The maximum Gasteiger partial charge on any atom is 0.119 e. The molecule has 0 spiro atoms. The Morgan fingerprint density at radius 3 is 2.94 bits per heavy atom. The standard InChI is InChI=1S/C13H18O3S/c1-9-7-10(15-2)3-4-11(9)13(14)12-8-17-6-5-16-12/h3-4,7,12-14H,5-6,8H2,1-2H3. The van der Waals surface area contributed by atoms with Crippen LogP contribution in [0, 0.1) is 6.92 Å². The molecule has 4 heteroatoms. The van der Waals surface area contributed by atoms with Gasteiger partial charge in [-0.2, -0.15) is 11.8 Å². The van der Waals surface area contributed by atoms with Gasteiger partial charge in [0.1, 0.15) is 11.9 Å². The number of hydrogen-bond acceptors (Lipinski definition) is 4. The van der Waals surface area contributed by atoms with Gasteiger partial charge in [-0.15, -0.1) is 0 Å². The first-order valence-corrected chi connectivity index (χ1v) is 6.90. The summed E-state index contributed by atoms with van der Waals surface area (Å²) in [4.78, 5) is 0. The van der Waals surface area contributed by atoms with Gasteiger partial charge in [-0.3, -0.25) is 0 Å². The van der Waals surface area contributed by atoms with Gasteiger partial charge in [0.05, 0.1) is 19.8 Å². The van der Waals surface area contributed by atoms with Crippen LogP contribution in [0.25, 0.3) is 0 Å². The van der Waals surface area contributed by atoms with Gasteiger partial charge in [-0.25, -0.2) is 0 Å². The maximum atomic E-state index is 10.3. The van der Waals surface area contributed by atoms with Crippen molar-refractivity contribution < 1.29 is 14.6 Å². The summed E-state index contributed by atoms with van der Waals surface area (Å²) < 4.78 is 10.8. The number of aliphatic hydroxyl groups excluding tert-OH is 1. The van der Waals surface area contributed by atoms with Crippen LogP contribution in [0.15, 0.2) is 18.2 Å². The van der Waals surface area contributed by atoms with E-state index < -0.39 is 6.10 Å². The zero-order valence-electron chi connectivity index (χ0n) is 10.2. The fourth-order valence-corrected chi connectivity index (χ4v) is 2.89. The lowest BCUT2D eigenvalue weighted by atomic mass is 10.00. The number of hydrogen-bond donors (Lipinski definition) is 1. The molecule has 1 aromatic carbocycles. The second-order valence-electron chi connectivity index (χ2n) is 4.15. The van der Waals surface area contributed by atoms with Crippen LogP contribution in [-0.2, 0) is 4.74 Å². The first-order valence-electron chi connectivity index (χ1n) is 5.74. The molecule has 2 atom stereocenters. The number of ether oxygens (including phenoxy) is 2. The zero-order chi connectivity index (χ0) is 12.3. The van der Waals surface area contributed by atoms with Crippen LogP contribution >= 0.6 is 11.8 Å². The molecule has 3 nitrogen and oxygen atoms in total. The van der Waals surface area contributed by atoms with Crippen molar-refractivity contribution in [2.75, 3.05) is 25.2 Å². The van der Waals surface area contributed by atoms with E-state index in [1.54, 1.807) is 7.11 Å². The predicted molar refractivity (Wildman–Crippen MR) is 69.8 cm³/mol. The predicted octanol–water partition coefficient (Wildman–Crippen LogP) is 2.17. The summed E-state index contributed by atoms with van der Waals surface area (Å²) in [6.07, 6.45) is -0.644. The molecule has 0 aliphatic carbocycles.